The first kappa shape index (κ1) is 16.9. The highest BCUT2D eigenvalue weighted by Crippen LogP contribution is 2.13. The van der Waals surface area contributed by atoms with Gasteiger partial charge in [-0.1, -0.05) is 30.3 Å². The summed E-state index contributed by atoms with van der Waals surface area (Å²) >= 11 is 0. The maximum Gasteiger partial charge on any atom is 0.122 e. The fourth-order valence-corrected chi connectivity index (χ4v) is 1.71. The predicted molar refractivity (Wildman–Crippen MR) is 86.8 cm³/mol. The first-order chi connectivity index (χ1) is 9.75. The van der Waals surface area contributed by atoms with E-state index in [9.17, 15) is 0 Å². The smallest absolute Gasteiger partial charge is 0.122 e. The Kier molecular flexibility index (Phi) is 7.12. The van der Waals surface area contributed by atoms with Crippen molar-refractivity contribution in [3.63, 3.8) is 0 Å². The maximum atomic E-state index is 7.37. The van der Waals surface area contributed by atoms with Crippen LogP contribution in [0.3, 0.4) is 0 Å². The van der Waals surface area contributed by atoms with Crippen molar-refractivity contribution >= 4 is 18.2 Å². The van der Waals surface area contributed by atoms with Crippen LogP contribution in [0.15, 0.2) is 54.6 Å². The summed E-state index contributed by atoms with van der Waals surface area (Å²) in [5.74, 6) is 1.63. The van der Waals surface area contributed by atoms with Crippen LogP contribution in [-0.2, 0) is 0 Å². The zero-order chi connectivity index (χ0) is 14.2. The van der Waals surface area contributed by atoms with Gasteiger partial charge >= 0.3 is 0 Å². The van der Waals surface area contributed by atoms with Crippen LogP contribution in [0.5, 0.6) is 11.5 Å². The number of nitrogens with two attached hydrogens (primary N) is 1. The highest BCUT2D eigenvalue weighted by molar-refractivity contribution is 5.95. The van der Waals surface area contributed by atoms with Crippen LogP contribution < -0.4 is 15.2 Å². The van der Waals surface area contributed by atoms with Crippen molar-refractivity contribution in [2.75, 3.05) is 13.2 Å². The third kappa shape index (κ3) is 5.75. The minimum atomic E-state index is 0. The summed E-state index contributed by atoms with van der Waals surface area (Å²) in [6.07, 6.45) is 0.791. The van der Waals surface area contributed by atoms with Gasteiger partial charge in [0, 0.05) is 12.0 Å². The Morgan fingerprint density at radius 1 is 0.905 bits per heavy atom. The second-order valence-electron chi connectivity index (χ2n) is 4.31. The average molecular weight is 307 g/mol. The van der Waals surface area contributed by atoms with Crippen LogP contribution in [0.1, 0.15) is 12.0 Å². The highest BCUT2D eigenvalue weighted by Gasteiger charge is 1.99. The molecular weight excluding hydrogens is 288 g/mol. The molecule has 0 heterocycles. The van der Waals surface area contributed by atoms with Gasteiger partial charge in [0.15, 0.2) is 0 Å². The first-order valence-corrected chi connectivity index (χ1v) is 6.51. The minimum absolute atomic E-state index is 0. The zero-order valence-electron chi connectivity index (χ0n) is 11.6. The summed E-state index contributed by atoms with van der Waals surface area (Å²) in [5, 5.41) is 7.37. The Labute approximate surface area is 130 Å². The number of para-hydroxylation sites is 1. The van der Waals surface area contributed by atoms with E-state index < -0.39 is 0 Å². The van der Waals surface area contributed by atoms with E-state index in [2.05, 4.69) is 0 Å². The van der Waals surface area contributed by atoms with E-state index in [0.717, 1.165) is 17.9 Å². The third-order valence-electron chi connectivity index (χ3n) is 2.71. The van der Waals surface area contributed by atoms with Crippen LogP contribution in [0.2, 0.25) is 0 Å². The van der Waals surface area contributed by atoms with Gasteiger partial charge in [0.2, 0.25) is 0 Å². The Balaban J connectivity index is 0.00000220. The van der Waals surface area contributed by atoms with Gasteiger partial charge in [0.25, 0.3) is 0 Å². The third-order valence-corrected chi connectivity index (χ3v) is 2.71. The fraction of sp³-hybridized carbons (Fsp3) is 0.188. The lowest BCUT2D eigenvalue weighted by molar-refractivity contribution is 0.247. The molecule has 0 saturated heterocycles. The molecule has 2 aromatic rings. The number of nitrogen functional groups attached to an aromatic ring is 1. The normalized spacial score (nSPS) is 9.52. The van der Waals surface area contributed by atoms with Gasteiger partial charge in [0.05, 0.1) is 13.2 Å². The Bertz CT molecular complexity index is 561. The number of hydrogen-bond acceptors (Lipinski definition) is 3. The monoisotopic (exact) mass is 306 g/mol. The number of rotatable bonds is 7. The van der Waals surface area contributed by atoms with Gasteiger partial charge in [0.1, 0.15) is 17.3 Å². The maximum absolute atomic E-state index is 7.37. The molecule has 112 valence electrons. The molecular formula is C16H19ClN2O2. The highest BCUT2D eigenvalue weighted by atomic mass is 35.5. The SMILES string of the molecule is Cl.N=C(N)c1cccc(OCCCOc2ccccc2)c1. The summed E-state index contributed by atoms with van der Waals surface area (Å²) in [4.78, 5) is 0. The molecule has 0 atom stereocenters. The fourth-order valence-electron chi connectivity index (χ4n) is 1.71. The molecule has 0 aliphatic carbocycles. The van der Waals surface area contributed by atoms with Gasteiger partial charge in [-0.2, -0.15) is 0 Å². The Morgan fingerprint density at radius 2 is 1.52 bits per heavy atom. The largest absolute Gasteiger partial charge is 0.493 e. The topological polar surface area (TPSA) is 68.3 Å². The van der Waals surface area contributed by atoms with Crippen molar-refractivity contribution in [1.82, 2.24) is 0 Å². The molecule has 0 fully saturated rings. The summed E-state index contributed by atoms with van der Waals surface area (Å²) < 4.78 is 11.2. The summed E-state index contributed by atoms with van der Waals surface area (Å²) in [6.45, 7) is 1.17. The summed E-state index contributed by atoms with van der Waals surface area (Å²) in [6, 6.07) is 16.9. The van der Waals surface area contributed by atoms with Crippen molar-refractivity contribution in [1.29, 1.82) is 5.41 Å². The predicted octanol–water partition coefficient (Wildman–Crippen LogP) is 3.24. The number of ether oxygens (including phenoxy) is 2. The molecule has 3 N–H and O–H groups in total. The van der Waals surface area contributed by atoms with Crippen LogP contribution >= 0.6 is 12.4 Å². The second-order valence-corrected chi connectivity index (χ2v) is 4.31. The van der Waals surface area contributed by atoms with Gasteiger partial charge in [-0.05, 0) is 24.3 Å². The molecule has 0 amide bonds. The molecule has 0 aromatic heterocycles. The number of hydrogen-bond donors (Lipinski definition) is 2. The Morgan fingerprint density at radius 3 is 2.19 bits per heavy atom. The van der Waals surface area contributed by atoms with Crippen molar-refractivity contribution < 1.29 is 9.47 Å². The molecule has 0 unspecified atom stereocenters. The standard InChI is InChI=1S/C16H18N2O2.ClH/c17-16(18)13-6-4-9-15(12-13)20-11-5-10-19-14-7-2-1-3-8-14;/h1-4,6-9,12H,5,10-11H2,(H3,17,18);1H. The molecule has 0 bridgehead atoms. The summed E-state index contributed by atoms with van der Waals surface area (Å²) in [7, 11) is 0. The lowest BCUT2D eigenvalue weighted by Gasteiger charge is -2.08. The van der Waals surface area contributed by atoms with E-state index in [0.29, 0.717) is 18.8 Å². The van der Waals surface area contributed by atoms with Gasteiger partial charge < -0.3 is 15.2 Å². The van der Waals surface area contributed by atoms with E-state index in [-0.39, 0.29) is 18.2 Å². The molecule has 0 spiro atoms. The van der Waals surface area contributed by atoms with Crippen molar-refractivity contribution in [3.8, 4) is 11.5 Å². The van der Waals surface area contributed by atoms with E-state index in [1.54, 1.807) is 12.1 Å². The van der Waals surface area contributed by atoms with Crippen molar-refractivity contribution in [3.05, 3.63) is 60.2 Å². The van der Waals surface area contributed by atoms with E-state index in [1.165, 1.54) is 0 Å². The van der Waals surface area contributed by atoms with E-state index >= 15 is 0 Å². The molecule has 0 aliphatic rings. The quantitative estimate of drug-likeness (QED) is 0.469. The number of nitrogens with one attached hydrogen (secondary N) is 1. The van der Waals surface area contributed by atoms with Crippen molar-refractivity contribution in [2.24, 2.45) is 5.73 Å². The van der Waals surface area contributed by atoms with Gasteiger partial charge in [-0.25, -0.2) is 0 Å². The molecule has 21 heavy (non-hydrogen) atoms. The molecule has 0 saturated carbocycles. The molecule has 0 radical (unpaired) electrons. The molecule has 5 heteroatoms. The number of amidine groups is 1. The Hall–Kier alpha value is -2.20. The summed E-state index contributed by atoms with van der Waals surface area (Å²) in [5.41, 5.74) is 6.10. The molecule has 2 rings (SSSR count). The molecule has 2 aromatic carbocycles. The zero-order valence-corrected chi connectivity index (χ0v) is 12.4. The van der Waals surface area contributed by atoms with E-state index in [4.69, 9.17) is 20.6 Å². The average Bonchev–Trinajstić information content (AvgIpc) is 2.48. The molecule has 0 aliphatic heterocycles. The van der Waals surface area contributed by atoms with Crippen LogP contribution in [0, 0.1) is 5.41 Å². The van der Waals surface area contributed by atoms with Gasteiger partial charge in [-0.15, -0.1) is 12.4 Å². The van der Waals surface area contributed by atoms with Crippen LogP contribution in [0.25, 0.3) is 0 Å². The lowest BCUT2D eigenvalue weighted by Crippen LogP contribution is -2.11. The van der Waals surface area contributed by atoms with Crippen molar-refractivity contribution in [2.45, 2.75) is 6.42 Å². The number of halogens is 1. The van der Waals surface area contributed by atoms with Crippen LogP contribution in [0.4, 0.5) is 0 Å². The van der Waals surface area contributed by atoms with E-state index in [1.807, 2.05) is 42.5 Å². The van der Waals surface area contributed by atoms with Crippen LogP contribution in [-0.4, -0.2) is 19.0 Å². The first-order valence-electron chi connectivity index (χ1n) is 6.51. The second kappa shape index (κ2) is 8.87. The molecule has 4 nitrogen and oxygen atoms in total. The lowest BCUT2D eigenvalue weighted by atomic mass is 10.2. The number of benzene rings is 2. The van der Waals surface area contributed by atoms with Gasteiger partial charge in [-0.3, -0.25) is 5.41 Å². The minimum Gasteiger partial charge on any atom is -0.493 e.